The molecule has 0 aromatic carbocycles. The second-order valence-corrected chi connectivity index (χ2v) is 5.05. The molecule has 1 aromatic heterocycles. The monoisotopic (exact) mass is 274 g/mol. The summed E-state index contributed by atoms with van der Waals surface area (Å²) in [6.07, 6.45) is 5.34. The highest BCUT2D eigenvalue weighted by molar-refractivity contribution is 7.03. The predicted octanol–water partition coefficient (Wildman–Crippen LogP) is 2.98. The zero-order valence-corrected chi connectivity index (χ0v) is 11.7. The van der Waals surface area contributed by atoms with E-state index in [9.17, 15) is 4.79 Å². The third-order valence-electron chi connectivity index (χ3n) is 3.17. The van der Waals surface area contributed by atoms with E-state index in [-0.39, 0.29) is 18.2 Å². The Kier molecular flexibility index (Phi) is 6.09. The lowest BCUT2D eigenvalue weighted by molar-refractivity contribution is 0.0978. The summed E-state index contributed by atoms with van der Waals surface area (Å²) in [5, 5.41) is 5.32. The average Bonchev–Trinajstić information content (AvgIpc) is 2.88. The van der Waals surface area contributed by atoms with Crippen LogP contribution in [-0.4, -0.2) is 22.7 Å². The summed E-state index contributed by atoms with van der Waals surface area (Å²) in [7, 11) is 0. The molecule has 17 heavy (non-hydrogen) atoms. The molecule has 1 atom stereocenters. The Bertz CT molecular complexity index is 361. The van der Waals surface area contributed by atoms with Gasteiger partial charge in [-0.1, -0.05) is 0 Å². The Hall–Kier alpha value is -0.450. The summed E-state index contributed by atoms with van der Waals surface area (Å²) >= 11 is 1.37. The number of aryl methyl sites for hydroxylation is 1. The minimum absolute atomic E-state index is 0. The summed E-state index contributed by atoms with van der Waals surface area (Å²) in [4.78, 5) is 11.8. The van der Waals surface area contributed by atoms with Gasteiger partial charge in [-0.15, -0.1) is 12.4 Å². The van der Waals surface area contributed by atoms with E-state index in [1.807, 2.05) is 12.3 Å². The van der Waals surface area contributed by atoms with E-state index < -0.39 is 0 Å². The number of halogens is 1. The lowest BCUT2D eigenvalue weighted by atomic mass is 10.0. The maximum absolute atomic E-state index is 11.8. The molecule has 3 nitrogen and oxygen atoms in total. The molecule has 0 bridgehead atoms. The third kappa shape index (κ3) is 4.05. The van der Waals surface area contributed by atoms with Gasteiger partial charge in [0.2, 0.25) is 0 Å². The number of rotatable bonds is 5. The van der Waals surface area contributed by atoms with Crippen LogP contribution < -0.4 is 5.32 Å². The number of ketones is 1. The fraction of sp³-hybridized carbons (Fsp3) is 0.667. The van der Waals surface area contributed by atoms with Crippen molar-refractivity contribution in [3.8, 4) is 0 Å². The van der Waals surface area contributed by atoms with Crippen molar-refractivity contribution in [3.63, 3.8) is 0 Å². The number of nitrogens with zero attached hydrogens (tertiary/aromatic N) is 1. The second-order valence-electron chi connectivity index (χ2n) is 4.42. The van der Waals surface area contributed by atoms with Gasteiger partial charge in [-0.25, -0.2) is 0 Å². The molecule has 1 aromatic rings. The minimum atomic E-state index is 0. The number of Topliss-reactive ketones (excluding diaryl/α,β-unsaturated/α-hetero) is 1. The lowest BCUT2D eigenvalue weighted by Crippen LogP contribution is -2.21. The van der Waals surface area contributed by atoms with Crippen molar-refractivity contribution in [1.82, 2.24) is 9.69 Å². The number of carbonyl (C=O) groups is 1. The van der Waals surface area contributed by atoms with E-state index in [1.54, 1.807) is 0 Å². The van der Waals surface area contributed by atoms with Crippen LogP contribution in [0.4, 0.5) is 0 Å². The Morgan fingerprint density at radius 1 is 1.65 bits per heavy atom. The second kappa shape index (κ2) is 7.09. The Balaban J connectivity index is 0.00000144. The van der Waals surface area contributed by atoms with Crippen molar-refractivity contribution in [2.45, 2.75) is 45.1 Å². The van der Waals surface area contributed by atoms with Crippen LogP contribution >= 0.6 is 23.9 Å². The summed E-state index contributed by atoms with van der Waals surface area (Å²) in [6, 6.07) is 0.648. The van der Waals surface area contributed by atoms with E-state index in [2.05, 4.69) is 9.69 Å². The van der Waals surface area contributed by atoms with Gasteiger partial charge in [0.25, 0.3) is 0 Å². The first-order chi connectivity index (χ1) is 7.77. The minimum Gasteiger partial charge on any atom is -0.314 e. The first kappa shape index (κ1) is 14.6. The molecule has 0 aliphatic carbocycles. The highest BCUT2D eigenvalue weighted by Crippen LogP contribution is 2.16. The maximum Gasteiger partial charge on any atom is 0.165 e. The van der Waals surface area contributed by atoms with E-state index in [0.29, 0.717) is 12.5 Å². The molecular weight excluding hydrogens is 256 g/mol. The third-order valence-corrected chi connectivity index (χ3v) is 3.89. The molecule has 2 heterocycles. The lowest BCUT2D eigenvalue weighted by Gasteiger charge is -2.08. The van der Waals surface area contributed by atoms with Gasteiger partial charge >= 0.3 is 0 Å². The van der Waals surface area contributed by atoms with Gasteiger partial charge in [0, 0.05) is 17.8 Å². The summed E-state index contributed by atoms with van der Waals surface area (Å²) in [6.45, 7) is 3.05. The number of carbonyl (C=O) groups excluding carboxylic acids is 1. The molecule has 1 saturated heterocycles. The molecule has 1 aliphatic heterocycles. The molecule has 1 unspecified atom stereocenters. The molecular formula is C12H19ClN2OS. The van der Waals surface area contributed by atoms with Gasteiger partial charge in [0.05, 0.1) is 11.3 Å². The standard InChI is InChI=1S/C12H18N2OS.ClH/c1-9-11(8-16-14-9)12(15)6-2-4-10-5-3-7-13-10;/h8,10,13H,2-7H2,1H3;1H. The van der Waals surface area contributed by atoms with Gasteiger partial charge in [-0.3, -0.25) is 4.79 Å². The largest absolute Gasteiger partial charge is 0.314 e. The molecule has 0 spiro atoms. The highest BCUT2D eigenvalue weighted by atomic mass is 35.5. The van der Waals surface area contributed by atoms with Crippen LogP contribution in [0.1, 0.15) is 48.2 Å². The molecule has 1 aliphatic rings. The van der Waals surface area contributed by atoms with E-state index in [1.165, 1.54) is 24.4 Å². The number of aromatic nitrogens is 1. The van der Waals surface area contributed by atoms with Crippen molar-refractivity contribution in [3.05, 3.63) is 16.6 Å². The first-order valence-corrected chi connectivity index (χ1v) is 6.78. The van der Waals surface area contributed by atoms with Gasteiger partial charge in [0.15, 0.2) is 5.78 Å². The molecule has 1 N–H and O–H groups in total. The topological polar surface area (TPSA) is 42.0 Å². The molecule has 5 heteroatoms. The molecule has 2 rings (SSSR count). The van der Waals surface area contributed by atoms with E-state index in [0.717, 1.165) is 30.6 Å². The van der Waals surface area contributed by atoms with Crippen molar-refractivity contribution < 1.29 is 4.79 Å². The number of hydrogen-bond donors (Lipinski definition) is 1. The van der Waals surface area contributed by atoms with Gasteiger partial charge in [0.1, 0.15) is 0 Å². The van der Waals surface area contributed by atoms with E-state index in [4.69, 9.17) is 0 Å². The zero-order chi connectivity index (χ0) is 11.4. The van der Waals surface area contributed by atoms with Gasteiger partial charge < -0.3 is 5.32 Å². The normalized spacial score (nSPS) is 19.0. The summed E-state index contributed by atoms with van der Waals surface area (Å²) < 4.78 is 4.13. The van der Waals surface area contributed by atoms with Crippen LogP contribution in [0.2, 0.25) is 0 Å². The van der Waals surface area contributed by atoms with Crippen LogP contribution in [0, 0.1) is 6.92 Å². The van der Waals surface area contributed by atoms with Crippen molar-refractivity contribution in [2.75, 3.05) is 6.54 Å². The Morgan fingerprint density at radius 2 is 2.47 bits per heavy atom. The molecule has 0 amide bonds. The fourth-order valence-electron chi connectivity index (χ4n) is 2.21. The van der Waals surface area contributed by atoms with Crippen LogP contribution in [0.5, 0.6) is 0 Å². The Labute approximate surface area is 113 Å². The van der Waals surface area contributed by atoms with Crippen molar-refractivity contribution in [2.24, 2.45) is 0 Å². The zero-order valence-electron chi connectivity index (χ0n) is 10.1. The maximum atomic E-state index is 11.8. The van der Waals surface area contributed by atoms with Crippen LogP contribution in [-0.2, 0) is 0 Å². The van der Waals surface area contributed by atoms with Crippen LogP contribution in [0.15, 0.2) is 5.38 Å². The Morgan fingerprint density at radius 3 is 3.06 bits per heavy atom. The van der Waals surface area contributed by atoms with Crippen molar-refractivity contribution in [1.29, 1.82) is 0 Å². The van der Waals surface area contributed by atoms with Crippen LogP contribution in [0.3, 0.4) is 0 Å². The highest BCUT2D eigenvalue weighted by Gasteiger charge is 2.15. The average molecular weight is 275 g/mol. The fourth-order valence-corrected chi connectivity index (χ4v) is 2.92. The summed E-state index contributed by atoms with van der Waals surface area (Å²) in [5.41, 5.74) is 1.71. The molecule has 96 valence electrons. The van der Waals surface area contributed by atoms with E-state index >= 15 is 0 Å². The SMILES string of the molecule is Cc1nscc1C(=O)CCCC1CCCN1.Cl. The van der Waals surface area contributed by atoms with Crippen LogP contribution in [0.25, 0.3) is 0 Å². The predicted molar refractivity (Wildman–Crippen MR) is 73.3 cm³/mol. The van der Waals surface area contributed by atoms with Crippen molar-refractivity contribution >= 4 is 29.7 Å². The molecule has 0 saturated carbocycles. The quantitative estimate of drug-likeness (QED) is 0.840. The summed E-state index contributed by atoms with van der Waals surface area (Å²) in [5.74, 6) is 0.254. The molecule has 0 radical (unpaired) electrons. The van der Waals surface area contributed by atoms with Gasteiger partial charge in [-0.05, 0) is 50.7 Å². The smallest absolute Gasteiger partial charge is 0.165 e. The first-order valence-electron chi connectivity index (χ1n) is 5.95. The number of hydrogen-bond acceptors (Lipinski definition) is 4. The van der Waals surface area contributed by atoms with Gasteiger partial charge in [-0.2, -0.15) is 4.37 Å². The number of nitrogens with one attached hydrogen (secondary N) is 1. The molecule has 1 fully saturated rings.